The number of hydrogen-bond donors (Lipinski definition) is 1. The van der Waals surface area contributed by atoms with Crippen LogP contribution in [0.1, 0.15) is 57.6 Å². The number of hydrogen-bond acceptors (Lipinski definition) is 3. The minimum absolute atomic E-state index is 0.0254. The summed E-state index contributed by atoms with van der Waals surface area (Å²) in [5, 5.41) is 6.69. The van der Waals surface area contributed by atoms with Crippen LogP contribution >= 0.6 is 0 Å². The van der Waals surface area contributed by atoms with Gasteiger partial charge in [-0.1, -0.05) is 13.8 Å². The summed E-state index contributed by atoms with van der Waals surface area (Å²) in [5.74, 6) is 0.0254. The third kappa shape index (κ3) is 3.73. The van der Waals surface area contributed by atoms with Gasteiger partial charge in [0.15, 0.2) is 0 Å². The Balaban J connectivity index is 1.75. The molecule has 28 heavy (non-hydrogen) atoms. The maximum absolute atomic E-state index is 12.9. The van der Waals surface area contributed by atoms with Crippen LogP contribution in [0.15, 0.2) is 6.20 Å². The molecule has 0 aromatic carbocycles. The average molecular weight is 402 g/mol. The third-order valence-corrected chi connectivity index (χ3v) is 6.55. The van der Waals surface area contributed by atoms with E-state index in [1.165, 1.54) is 6.20 Å². The smallest absolute Gasteiger partial charge is 0.381 e. The lowest BCUT2D eigenvalue weighted by atomic mass is 9.58. The normalized spacial score (nSPS) is 24.0. The Kier molecular flexibility index (Phi) is 5.67. The lowest BCUT2D eigenvalue weighted by molar-refractivity contribution is -0.145. The summed E-state index contributed by atoms with van der Waals surface area (Å²) in [7, 11) is 3.43. The fourth-order valence-electron chi connectivity index (χ4n) is 4.70. The van der Waals surface area contributed by atoms with E-state index < -0.39 is 12.7 Å². The van der Waals surface area contributed by atoms with Crippen LogP contribution in [0.25, 0.3) is 0 Å². The maximum atomic E-state index is 12.9. The van der Waals surface area contributed by atoms with Crippen molar-refractivity contribution < 1.29 is 22.7 Å². The molecule has 2 fully saturated rings. The van der Waals surface area contributed by atoms with Crippen molar-refractivity contribution in [2.45, 2.75) is 76.7 Å². The van der Waals surface area contributed by atoms with Gasteiger partial charge in [-0.05, 0) is 32.1 Å². The largest absolute Gasteiger partial charge is 0.408 e. The Labute approximate surface area is 163 Å². The Morgan fingerprint density at radius 3 is 2.54 bits per heavy atom. The molecule has 2 amide bonds. The number of alkyl halides is 3. The first kappa shape index (κ1) is 21.0. The van der Waals surface area contributed by atoms with Crippen molar-refractivity contribution in [1.82, 2.24) is 14.7 Å². The van der Waals surface area contributed by atoms with Gasteiger partial charge in [0, 0.05) is 31.5 Å². The molecule has 0 radical (unpaired) electrons. The van der Waals surface area contributed by atoms with E-state index >= 15 is 0 Å². The number of rotatable bonds is 7. The van der Waals surface area contributed by atoms with Gasteiger partial charge in [0.2, 0.25) is 0 Å². The molecule has 2 unspecified atom stereocenters. The average Bonchev–Trinajstić information content (AvgIpc) is 3.37. The number of nitrogens with zero attached hydrogens (tertiary/aromatic N) is 3. The number of amides is 2. The Hall–Kier alpha value is -1.77. The van der Waals surface area contributed by atoms with E-state index in [1.807, 2.05) is 0 Å². The number of aromatic nitrogens is 2. The molecule has 1 aromatic heterocycles. The monoisotopic (exact) mass is 402 g/mol. The van der Waals surface area contributed by atoms with Gasteiger partial charge in [0.1, 0.15) is 6.54 Å². The van der Waals surface area contributed by atoms with E-state index in [2.05, 4.69) is 24.3 Å². The van der Waals surface area contributed by atoms with Gasteiger partial charge in [0.05, 0.1) is 23.7 Å². The predicted octanol–water partition coefficient (Wildman–Crippen LogP) is 4.38. The second-order valence-electron chi connectivity index (χ2n) is 7.95. The van der Waals surface area contributed by atoms with Crippen LogP contribution in [0, 0.1) is 5.41 Å². The first-order valence-electron chi connectivity index (χ1n) is 9.85. The van der Waals surface area contributed by atoms with Crippen molar-refractivity contribution in [2.75, 3.05) is 19.5 Å². The van der Waals surface area contributed by atoms with E-state index in [0.717, 1.165) is 36.8 Å². The number of urea groups is 1. The topological polar surface area (TPSA) is 59.4 Å². The standard InChI is InChI=1S/C19H29F3N4O2/c1-5-18(6-2)14(9-15(18)28-4)25(3)17(27)24-13-10-23-26(11-19(20,21)22)16(13)12-7-8-12/h10,12,14-15H,5-9,11H2,1-4H3,(H,24,27). The highest BCUT2D eigenvalue weighted by Crippen LogP contribution is 2.51. The molecule has 158 valence electrons. The summed E-state index contributed by atoms with van der Waals surface area (Å²) in [6.07, 6.45) is 1.25. The van der Waals surface area contributed by atoms with Crippen molar-refractivity contribution in [3.63, 3.8) is 0 Å². The number of carbonyl (C=O) groups excluding carboxylic acids is 1. The first-order chi connectivity index (χ1) is 13.2. The summed E-state index contributed by atoms with van der Waals surface area (Å²) >= 11 is 0. The molecule has 0 saturated heterocycles. The Bertz CT molecular complexity index is 711. The molecule has 0 aliphatic heterocycles. The molecule has 9 heteroatoms. The van der Waals surface area contributed by atoms with Crippen molar-refractivity contribution in [1.29, 1.82) is 0 Å². The number of nitrogens with one attached hydrogen (secondary N) is 1. The molecule has 0 bridgehead atoms. The summed E-state index contributed by atoms with van der Waals surface area (Å²) in [6.45, 7) is 3.05. The quantitative estimate of drug-likeness (QED) is 0.736. The van der Waals surface area contributed by atoms with E-state index in [4.69, 9.17) is 4.74 Å². The molecule has 2 saturated carbocycles. The number of anilines is 1. The van der Waals surface area contributed by atoms with Gasteiger partial charge in [0.25, 0.3) is 0 Å². The van der Waals surface area contributed by atoms with E-state index in [9.17, 15) is 18.0 Å². The van der Waals surface area contributed by atoms with Crippen molar-refractivity contribution in [2.24, 2.45) is 5.41 Å². The summed E-state index contributed by atoms with van der Waals surface area (Å²) in [6, 6.07) is -0.290. The van der Waals surface area contributed by atoms with Crippen LogP contribution in [0.5, 0.6) is 0 Å². The zero-order valence-corrected chi connectivity index (χ0v) is 16.8. The number of methoxy groups -OCH3 is 1. The van der Waals surface area contributed by atoms with Crippen LogP contribution in [-0.4, -0.2) is 53.2 Å². The highest BCUT2D eigenvalue weighted by molar-refractivity contribution is 5.90. The van der Waals surface area contributed by atoms with Crippen LogP contribution < -0.4 is 5.32 Å². The van der Waals surface area contributed by atoms with Crippen molar-refractivity contribution >= 4 is 11.7 Å². The molecule has 1 heterocycles. The first-order valence-corrected chi connectivity index (χ1v) is 9.85. The van der Waals surface area contributed by atoms with Gasteiger partial charge in [-0.25, -0.2) is 4.79 Å². The van der Waals surface area contributed by atoms with Gasteiger partial charge in [-0.15, -0.1) is 0 Å². The lowest BCUT2D eigenvalue weighted by Crippen LogP contribution is -2.64. The van der Waals surface area contributed by atoms with Crippen molar-refractivity contribution in [3.8, 4) is 0 Å². The van der Waals surface area contributed by atoms with Gasteiger partial charge in [-0.2, -0.15) is 18.3 Å². The van der Waals surface area contributed by atoms with Crippen molar-refractivity contribution in [3.05, 3.63) is 11.9 Å². The molecular weight excluding hydrogens is 373 g/mol. The number of carbonyl (C=O) groups is 1. The van der Waals surface area contributed by atoms with Gasteiger partial charge < -0.3 is 15.0 Å². The number of ether oxygens (including phenoxy) is 1. The molecule has 1 aromatic rings. The molecule has 3 rings (SSSR count). The Morgan fingerprint density at radius 1 is 1.39 bits per heavy atom. The van der Waals surface area contributed by atoms with Crippen LogP contribution in [0.3, 0.4) is 0 Å². The zero-order valence-electron chi connectivity index (χ0n) is 16.8. The summed E-state index contributed by atoms with van der Waals surface area (Å²) in [5.41, 5.74) is 0.755. The molecule has 2 atom stereocenters. The lowest BCUT2D eigenvalue weighted by Gasteiger charge is -2.57. The minimum atomic E-state index is -4.35. The Morgan fingerprint density at radius 2 is 2.04 bits per heavy atom. The molecule has 1 N–H and O–H groups in total. The van der Waals surface area contributed by atoms with Crippen LogP contribution in [0.2, 0.25) is 0 Å². The fourth-order valence-corrected chi connectivity index (χ4v) is 4.70. The van der Waals surface area contributed by atoms with E-state index in [0.29, 0.717) is 11.4 Å². The van der Waals surface area contributed by atoms with E-state index in [-0.39, 0.29) is 29.5 Å². The summed E-state index contributed by atoms with van der Waals surface area (Å²) < 4.78 is 45.1. The highest BCUT2D eigenvalue weighted by atomic mass is 19.4. The van der Waals surface area contributed by atoms with E-state index in [1.54, 1.807) is 19.1 Å². The van der Waals surface area contributed by atoms with Gasteiger partial charge >= 0.3 is 12.2 Å². The molecular formula is C19H29F3N4O2. The fraction of sp³-hybridized carbons (Fsp3) is 0.789. The zero-order chi connectivity index (χ0) is 20.7. The van der Waals surface area contributed by atoms with Gasteiger partial charge in [-0.3, -0.25) is 4.68 Å². The minimum Gasteiger partial charge on any atom is -0.381 e. The number of halogens is 3. The predicted molar refractivity (Wildman–Crippen MR) is 99.3 cm³/mol. The molecule has 0 spiro atoms. The second-order valence-corrected chi connectivity index (χ2v) is 7.95. The summed E-state index contributed by atoms with van der Waals surface area (Å²) in [4.78, 5) is 14.5. The van der Waals surface area contributed by atoms with Crippen LogP contribution in [0.4, 0.5) is 23.7 Å². The third-order valence-electron chi connectivity index (χ3n) is 6.55. The second kappa shape index (κ2) is 7.57. The molecule has 6 nitrogen and oxygen atoms in total. The molecule has 2 aliphatic carbocycles. The highest BCUT2D eigenvalue weighted by Gasteiger charge is 2.55. The van der Waals surface area contributed by atoms with Crippen LogP contribution in [-0.2, 0) is 11.3 Å². The maximum Gasteiger partial charge on any atom is 0.408 e. The SMILES string of the molecule is CCC1(CC)C(OC)CC1N(C)C(=O)Nc1cnn(CC(F)(F)F)c1C1CC1. The molecule has 2 aliphatic rings.